The second-order valence-electron chi connectivity index (χ2n) is 4.49. The van der Waals surface area contributed by atoms with Crippen LogP contribution in [0.1, 0.15) is 10.5 Å². The quantitative estimate of drug-likeness (QED) is 0.616. The van der Waals surface area contributed by atoms with E-state index in [4.69, 9.17) is 4.74 Å². The molecule has 0 saturated heterocycles. The number of allylic oxidation sites excluding steroid dienone is 1. The summed E-state index contributed by atoms with van der Waals surface area (Å²) in [6.45, 7) is 0. The first-order valence-electron chi connectivity index (χ1n) is 6.32. The third kappa shape index (κ3) is 3.62. The largest absolute Gasteiger partial charge is 0.493 e. The molecule has 0 fully saturated rings. The highest BCUT2D eigenvalue weighted by Gasteiger charge is 2.14. The third-order valence-electron chi connectivity index (χ3n) is 2.67. The van der Waals surface area contributed by atoms with E-state index in [0.29, 0.717) is 11.6 Å². The Hall–Kier alpha value is -2.76. The van der Waals surface area contributed by atoms with Crippen molar-refractivity contribution in [2.45, 2.75) is 0 Å². The SMILES string of the molecule is COc1cnc(-c2ccncc2)nc1C(=O)/C=C/N(C)C. The fourth-order valence-electron chi connectivity index (χ4n) is 1.63. The van der Waals surface area contributed by atoms with Gasteiger partial charge in [0, 0.05) is 44.3 Å². The summed E-state index contributed by atoms with van der Waals surface area (Å²) in [5.41, 5.74) is 1.02. The molecule has 6 heteroatoms. The Labute approximate surface area is 123 Å². The number of aromatic nitrogens is 3. The molecule has 0 atom stereocenters. The molecule has 108 valence electrons. The number of ketones is 1. The van der Waals surface area contributed by atoms with Gasteiger partial charge in [-0.3, -0.25) is 9.78 Å². The van der Waals surface area contributed by atoms with Crippen LogP contribution in [0, 0.1) is 0 Å². The van der Waals surface area contributed by atoms with Crippen LogP contribution in [0.4, 0.5) is 0 Å². The second kappa shape index (κ2) is 6.60. The van der Waals surface area contributed by atoms with E-state index in [9.17, 15) is 4.79 Å². The third-order valence-corrected chi connectivity index (χ3v) is 2.67. The van der Waals surface area contributed by atoms with Crippen LogP contribution in [-0.4, -0.2) is 46.8 Å². The molecule has 0 aliphatic carbocycles. The van der Waals surface area contributed by atoms with Crippen molar-refractivity contribution in [2.75, 3.05) is 21.2 Å². The predicted octanol–water partition coefficient (Wildman–Crippen LogP) is 1.81. The lowest BCUT2D eigenvalue weighted by molar-refractivity contribution is 0.103. The number of hydrogen-bond donors (Lipinski definition) is 0. The summed E-state index contributed by atoms with van der Waals surface area (Å²) in [6, 6.07) is 3.57. The number of nitrogens with zero attached hydrogens (tertiary/aromatic N) is 4. The first kappa shape index (κ1) is 14.6. The minimum atomic E-state index is -0.238. The first-order valence-corrected chi connectivity index (χ1v) is 6.32. The van der Waals surface area contributed by atoms with Crippen molar-refractivity contribution in [2.24, 2.45) is 0 Å². The number of rotatable bonds is 5. The van der Waals surface area contributed by atoms with Gasteiger partial charge in [0.2, 0.25) is 5.78 Å². The van der Waals surface area contributed by atoms with Gasteiger partial charge >= 0.3 is 0 Å². The maximum Gasteiger partial charge on any atom is 0.209 e. The molecular weight excluding hydrogens is 268 g/mol. The number of hydrogen-bond acceptors (Lipinski definition) is 6. The Kier molecular flexibility index (Phi) is 4.61. The monoisotopic (exact) mass is 284 g/mol. The molecule has 0 bridgehead atoms. The lowest BCUT2D eigenvalue weighted by Crippen LogP contribution is -2.07. The smallest absolute Gasteiger partial charge is 0.209 e. The molecule has 6 nitrogen and oxygen atoms in total. The van der Waals surface area contributed by atoms with Gasteiger partial charge in [-0.25, -0.2) is 9.97 Å². The van der Waals surface area contributed by atoms with Crippen LogP contribution in [0.2, 0.25) is 0 Å². The number of ether oxygens (including phenoxy) is 1. The molecule has 0 aliphatic rings. The molecule has 0 unspecified atom stereocenters. The number of carbonyl (C=O) groups excluding carboxylic acids is 1. The van der Waals surface area contributed by atoms with Gasteiger partial charge in [-0.1, -0.05) is 0 Å². The summed E-state index contributed by atoms with van der Waals surface area (Å²) in [5, 5.41) is 0. The topological polar surface area (TPSA) is 68.2 Å². The zero-order valence-corrected chi connectivity index (χ0v) is 12.1. The van der Waals surface area contributed by atoms with Gasteiger partial charge in [-0.05, 0) is 12.1 Å². The van der Waals surface area contributed by atoms with Crippen molar-refractivity contribution in [1.29, 1.82) is 0 Å². The van der Waals surface area contributed by atoms with Gasteiger partial charge in [0.25, 0.3) is 0 Å². The van der Waals surface area contributed by atoms with Gasteiger partial charge in [0.05, 0.1) is 13.3 Å². The van der Waals surface area contributed by atoms with E-state index in [1.54, 1.807) is 35.6 Å². The summed E-state index contributed by atoms with van der Waals surface area (Å²) in [6.07, 6.45) is 7.91. The van der Waals surface area contributed by atoms with E-state index in [2.05, 4.69) is 15.0 Å². The molecule has 2 rings (SSSR count). The minimum absolute atomic E-state index is 0.234. The molecule has 21 heavy (non-hydrogen) atoms. The van der Waals surface area contributed by atoms with Crippen LogP contribution in [-0.2, 0) is 0 Å². The van der Waals surface area contributed by atoms with E-state index in [1.807, 2.05) is 14.1 Å². The van der Waals surface area contributed by atoms with Gasteiger partial charge < -0.3 is 9.64 Å². The van der Waals surface area contributed by atoms with Crippen molar-refractivity contribution in [1.82, 2.24) is 19.9 Å². The highest BCUT2D eigenvalue weighted by molar-refractivity contribution is 6.05. The van der Waals surface area contributed by atoms with Gasteiger partial charge in [0.15, 0.2) is 17.3 Å². The fourth-order valence-corrected chi connectivity index (χ4v) is 1.63. The van der Waals surface area contributed by atoms with Gasteiger partial charge in [-0.15, -0.1) is 0 Å². The number of methoxy groups -OCH3 is 1. The Balaban J connectivity index is 2.41. The molecule has 0 saturated carbocycles. The van der Waals surface area contributed by atoms with Crippen molar-refractivity contribution in [3.8, 4) is 17.1 Å². The Bertz CT molecular complexity index is 654. The molecule has 0 radical (unpaired) electrons. The Morgan fingerprint density at radius 3 is 2.62 bits per heavy atom. The first-order chi connectivity index (χ1) is 10.1. The van der Waals surface area contributed by atoms with E-state index in [-0.39, 0.29) is 11.5 Å². The zero-order valence-electron chi connectivity index (χ0n) is 12.1. The fraction of sp³-hybridized carbons (Fsp3) is 0.200. The summed E-state index contributed by atoms with van der Waals surface area (Å²) >= 11 is 0. The molecule has 2 aromatic heterocycles. The highest BCUT2D eigenvalue weighted by atomic mass is 16.5. The van der Waals surface area contributed by atoms with Crippen molar-refractivity contribution >= 4 is 5.78 Å². The maximum atomic E-state index is 12.2. The van der Waals surface area contributed by atoms with Crippen LogP contribution in [0.25, 0.3) is 11.4 Å². The van der Waals surface area contributed by atoms with Crippen molar-refractivity contribution in [3.05, 3.63) is 48.7 Å². The molecular formula is C15H16N4O2. The van der Waals surface area contributed by atoms with Crippen LogP contribution in [0.5, 0.6) is 5.75 Å². The van der Waals surface area contributed by atoms with Gasteiger partial charge in [0.1, 0.15) is 0 Å². The number of pyridine rings is 1. The molecule has 0 amide bonds. The summed E-state index contributed by atoms with van der Waals surface area (Å²) in [7, 11) is 5.16. The normalized spacial score (nSPS) is 10.6. The van der Waals surface area contributed by atoms with Crippen LogP contribution in [0.15, 0.2) is 43.0 Å². The van der Waals surface area contributed by atoms with E-state index < -0.39 is 0 Å². The van der Waals surface area contributed by atoms with E-state index >= 15 is 0 Å². The van der Waals surface area contributed by atoms with E-state index in [1.165, 1.54) is 19.4 Å². The summed E-state index contributed by atoms with van der Waals surface area (Å²) < 4.78 is 5.16. The minimum Gasteiger partial charge on any atom is -0.493 e. The standard InChI is InChI=1S/C15H16N4O2/c1-19(2)9-6-12(20)14-13(21-3)10-17-15(18-14)11-4-7-16-8-5-11/h4-10H,1-3H3/b9-6+. The van der Waals surface area contributed by atoms with Crippen LogP contribution >= 0.6 is 0 Å². The zero-order chi connectivity index (χ0) is 15.2. The van der Waals surface area contributed by atoms with Crippen molar-refractivity contribution in [3.63, 3.8) is 0 Å². The average Bonchev–Trinajstić information content (AvgIpc) is 2.52. The lowest BCUT2D eigenvalue weighted by Gasteiger charge is -2.07. The maximum absolute atomic E-state index is 12.2. The molecule has 2 aromatic rings. The number of carbonyl (C=O) groups is 1. The molecule has 0 aromatic carbocycles. The summed E-state index contributed by atoms with van der Waals surface area (Å²) in [5.74, 6) is 0.569. The Morgan fingerprint density at radius 1 is 1.29 bits per heavy atom. The van der Waals surface area contributed by atoms with Crippen LogP contribution < -0.4 is 4.74 Å². The molecule has 0 N–H and O–H groups in total. The van der Waals surface area contributed by atoms with Crippen LogP contribution in [0.3, 0.4) is 0 Å². The van der Waals surface area contributed by atoms with Crippen molar-refractivity contribution < 1.29 is 9.53 Å². The molecule has 0 aliphatic heterocycles. The predicted molar refractivity (Wildman–Crippen MR) is 79.0 cm³/mol. The van der Waals surface area contributed by atoms with Gasteiger partial charge in [-0.2, -0.15) is 0 Å². The molecule has 2 heterocycles. The average molecular weight is 284 g/mol. The lowest BCUT2D eigenvalue weighted by atomic mass is 10.2. The Morgan fingerprint density at radius 2 is 2.00 bits per heavy atom. The molecule has 0 spiro atoms. The highest BCUT2D eigenvalue weighted by Crippen LogP contribution is 2.20. The van der Waals surface area contributed by atoms with E-state index in [0.717, 1.165) is 5.56 Å². The summed E-state index contributed by atoms with van der Waals surface area (Å²) in [4.78, 5) is 26.5. The second-order valence-corrected chi connectivity index (χ2v) is 4.49.